The number of sulfone groups is 1. The van der Waals surface area contributed by atoms with Crippen molar-refractivity contribution in [2.24, 2.45) is 0 Å². The second-order valence-corrected chi connectivity index (χ2v) is 16.7. The van der Waals surface area contributed by atoms with E-state index < -0.39 is 95.7 Å². The van der Waals surface area contributed by atoms with Crippen LogP contribution >= 0.6 is 0 Å². The van der Waals surface area contributed by atoms with E-state index in [1.807, 2.05) is 48.5 Å². The van der Waals surface area contributed by atoms with E-state index in [4.69, 9.17) is 37.9 Å². The number of methoxy groups -OCH3 is 1. The highest BCUT2D eigenvalue weighted by Crippen LogP contribution is 2.44. The van der Waals surface area contributed by atoms with Crippen LogP contribution in [0, 0.1) is 0 Å². The Morgan fingerprint density at radius 2 is 1.37 bits per heavy atom. The average Bonchev–Trinajstić information content (AvgIpc) is 3.53. The van der Waals surface area contributed by atoms with Gasteiger partial charge in [-0.3, -0.25) is 19.2 Å². The molecule has 0 aromatic heterocycles. The summed E-state index contributed by atoms with van der Waals surface area (Å²) in [5.74, 6) is -5.37. The Kier molecular flexibility index (Phi) is 15.7. The fourth-order valence-electron chi connectivity index (χ4n) is 6.88. The summed E-state index contributed by atoms with van der Waals surface area (Å²) in [7, 11) is -1.000. The number of nitrogens with one attached hydrogen (secondary N) is 2. The fraction of sp³-hybridized carbons (Fsp3) is 0.405. The Morgan fingerprint density at radius 3 is 1.95 bits per heavy atom. The van der Waals surface area contributed by atoms with E-state index in [2.05, 4.69) is 10.6 Å². The number of carbonyl (C=O) groups is 7. The molecule has 1 saturated heterocycles. The third kappa shape index (κ3) is 12.7. The molecule has 338 valence electrons. The molecule has 20 nitrogen and oxygen atoms in total. The van der Waals surface area contributed by atoms with Gasteiger partial charge in [-0.2, -0.15) is 0 Å². The van der Waals surface area contributed by atoms with Gasteiger partial charge >= 0.3 is 36.1 Å². The average molecular weight is 898 g/mol. The molecule has 63 heavy (non-hydrogen) atoms. The van der Waals surface area contributed by atoms with Crippen LogP contribution in [0.3, 0.4) is 0 Å². The zero-order chi connectivity index (χ0) is 46.0. The summed E-state index contributed by atoms with van der Waals surface area (Å²) in [4.78, 5) is 90.0. The molecular weight excluding hydrogens is 851 g/mol. The van der Waals surface area contributed by atoms with Gasteiger partial charge in [-0.05, 0) is 39.9 Å². The van der Waals surface area contributed by atoms with Crippen LogP contribution < -0.4 is 15.4 Å². The summed E-state index contributed by atoms with van der Waals surface area (Å²) in [6, 6.07) is 19.6. The quantitative estimate of drug-likeness (QED) is 0.155. The Labute approximate surface area is 362 Å². The first-order valence-corrected chi connectivity index (χ1v) is 21.4. The molecule has 0 bridgehead atoms. The predicted octanol–water partition coefficient (Wildman–Crippen LogP) is 2.85. The molecule has 1 aliphatic carbocycles. The van der Waals surface area contributed by atoms with Crippen LogP contribution in [0.5, 0.6) is 5.75 Å². The number of fused-ring (bicyclic) bond motifs is 3. The molecule has 0 saturated carbocycles. The maximum absolute atomic E-state index is 13.6. The SMILES string of the molecule is COC(=O)[C@H]1O[C@@H](Oc2ccc(COC(=O)NCCS(C)(=O)=O)cc2NC(=O)CN(C)C(=O)OCC2c3ccccc3-c3ccccc32)[C@H](OC(C)=O)[C@@H](OC(C)=O)[C@@H]1OC(C)=O. The molecule has 0 unspecified atom stereocenters. The molecule has 3 aromatic carbocycles. The third-order valence-electron chi connectivity index (χ3n) is 9.54. The first kappa shape index (κ1) is 47.3. The highest BCUT2D eigenvalue weighted by atomic mass is 32.2. The van der Waals surface area contributed by atoms with Crippen molar-refractivity contribution < 1.29 is 79.9 Å². The Hall–Kier alpha value is -6.74. The normalized spacial score (nSPS) is 18.9. The molecule has 5 atom stereocenters. The number of hydrogen-bond donors (Lipinski definition) is 2. The van der Waals surface area contributed by atoms with Gasteiger partial charge in [0.15, 0.2) is 18.3 Å². The van der Waals surface area contributed by atoms with Crippen LogP contribution in [0.1, 0.15) is 43.4 Å². The summed E-state index contributed by atoms with van der Waals surface area (Å²) < 4.78 is 66.8. The number of benzene rings is 3. The summed E-state index contributed by atoms with van der Waals surface area (Å²) in [5, 5.41) is 4.94. The van der Waals surface area contributed by atoms with Crippen LogP contribution in [-0.4, -0.2) is 132 Å². The lowest BCUT2D eigenvalue weighted by Crippen LogP contribution is -2.64. The van der Waals surface area contributed by atoms with Crippen LogP contribution in [0.2, 0.25) is 0 Å². The number of hydrogen-bond acceptors (Lipinski definition) is 17. The van der Waals surface area contributed by atoms with E-state index in [1.165, 1.54) is 25.2 Å². The summed E-state index contributed by atoms with van der Waals surface area (Å²) in [5.41, 5.74) is 4.19. The second-order valence-electron chi connectivity index (χ2n) is 14.5. The number of esters is 4. The summed E-state index contributed by atoms with van der Waals surface area (Å²) in [6.45, 7) is 1.91. The molecule has 0 spiro atoms. The van der Waals surface area contributed by atoms with Gasteiger partial charge in [-0.25, -0.2) is 22.8 Å². The number of nitrogens with zero attached hydrogens (tertiary/aromatic N) is 1. The molecule has 1 heterocycles. The third-order valence-corrected chi connectivity index (χ3v) is 10.5. The number of likely N-dealkylation sites (N-methyl/N-ethyl adjacent to an activating group) is 1. The fourth-order valence-corrected chi connectivity index (χ4v) is 7.35. The van der Waals surface area contributed by atoms with Gasteiger partial charge in [-0.1, -0.05) is 54.6 Å². The number of ether oxygens (including phenoxy) is 8. The topological polar surface area (TPSA) is 255 Å². The molecule has 1 aliphatic heterocycles. The number of carbonyl (C=O) groups excluding carboxylic acids is 7. The molecule has 1 fully saturated rings. The van der Waals surface area contributed by atoms with Crippen molar-refractivity contribution in [2.75, 3.05) is 51.2 Å². The Bertz CT molecular complexity index is 2290. The molecule has 3 aromatic rings. The minimum absolute atomic E-state index is 0.00913. The minimum Gasteiger partial charge on any atom is -0.467 e. The van der Waals surface area contributed by atoms with E-state index in [0.29, 0.717) is 0 Å². The van der Waals surface area contributed by atoms with Crippen LogP contribution in [0.15, 0.2) is 66.7 Å². The lowest BCUT2D eigenvalue weighted by molar-refractivity contribution is -0.282. The van der Waals surface area contributed by atoms with Gasteiger partial charge in [0.1, 0.15) is 35.3 Å². The van der Waals surface area contributed by atoms with Crippen molar-refractivity contribution >= 4 is 57.5 Å². The largest absolute Gasteiger partial charge is 0.467 e. The lowest BCUT2D eigenvalue weighted by atomic mass is 9.97. The summed E-state index contributed by atoms with van der Waals surface area (Å²) in [6.07, 6.45) is -9.41. The van der Waals surface area contributed by atoms with Crippen molar-refractivity contribution in [1.29, 1.82) is 0 Å². The first-order valence-electron chi connectivity index (χ1n) is 19.3. The highest BCUT2D eigenvalue weighted by molar-refractivity contribution is 7.90. The van der Waals surface area contributed by atoms with Gasteiger partial charge < -0.3 is 53.4 Å². The smallest absolute Gasteiger partial charge is 0.409 e. The van der Waals surface area contributed by atoms with E-state index in [-0.39, 0.29) is 41.8 Å². The zero-order valence-electron chi connectivity index (χ0n) is 35.1. The van der Waals surface area contributed by atoms with Crippen molar-refractivity contribution in [3.05, 3.63) is 83.4 Å². The van der Waals surface area contributed by atoms with E-state index in [9.17, 15) is 42.0 Å². The molecule has 3 amide bonds. The highest BCUT2D eigenvalue weighted by Gasteiger charge is 2.56. The van der Waals surface area contributed by atoms with E-state index >= 15 is 0 Å². The molecule has 2 N–H and O–H groups in total. The molecule has 2 aliphatic rings. The van der Waals surface area contributed by atoms with Crippen LogP contribution in [-0.2, 0) is 73.6 Å². The lowest BCUT2D eigenvalue weighted by Gasteiger charge is -2.43. The van der Waals surface area contributed by atoms with Crippen LogP contribution in [0.4, 0.5) is 15.3 Å². The number of amides is 3. The molecule has 21 heteroatoms. The van der Waals surface area contributed by atoms with Crippen molar-refractivity contribution in [1.82, 2.24) is 10.2 Å². The predicted molar refractivity (Wildman–Crippen MR) is 219 cm³/mol. The van der Waals surface area contributed by atoms with Crippen LogP contribution in [0.25, 0.3) is 11.1 Å². The van der Waals surface area contributed by atoms with Crippen molar-refractivity contribution in [3.63, 3.8) is 0 Å². The van der Waals surface area contributed by atoms with Gasteiger partial charge in [-0.15, -0.1) is 0 Å². The Morgan fingerprint density at radius 1 is 0.778 bits per heavy atom. The monoisotopic (exact) mass is 897 g/mol. The van der Waals surface area contributed by atoms with Crippen molar-refractivity contribution in [3.8, 4) is 16.9 Å². The Balaban J connectivity index is 1.38. The maximum atomic E-state index is 13.6. The molecular formula is C42H47N3O17S. The van der Waals surface area contributed by atoms with E-state index in [1.54, 1.807) is 0 Å². The number of anilines is 1. The minimum atomic E-state index is -3.37. The molecule has 5 rings (SSSR count). The van der Waals surface area contributed by atoms with Gasteiger partial charge in [0.05, 0.1) is 18.6 Å². The standard InChI is InChI=1S/C42H47N3O17S/c1-23(46)58-35-36(59-24(2)47)38(60-25(3)48)40(62-37(35)39(50)55-5)61-33-16-15-26(21-56-41(51)43-17-18-63(6,53)54)19-32(33)44-34(49)20-45(4)42(52)57-22-31-29-13-9-7-11-27(29)28-12-8-10-14-30(28)31/h7-16,19,31,35-38,40H,17-18,20-22H2,1-6H3,(H,43,51)(H,44,49)/t35-,36-,37-,38+,40+/m0/s1. The zero-order valence-corrected chi connectivity index (χ0v) is 36.0. The second kappa shape index (κ2) is 20.9. The molecule has 0 radical (unpaired) electrons. The van der Waals surface area contributed by atoms with Gasteiger partial charge in [0, 0.05) is 46.5 Å². The summed E-state index contributed by atoms with van der Waals surface area (Å²) >= 11 is 0. The number of alkyl carbamates (subject to hydrolysis) is 1. The van der Waals surface area contributed by atoms with E-state index in [0.717, 1.165) is 61.3 Å². The van der Waals surface area contributed by atoms with Gasteiger partial charge in [0.2, 0.25) is 18.3 Å². The first-order chi connectivity index (χ1) is 29.8. The maximum Gasteiger partial charge on any atom is 0.409 e. The van der Waals surface area contributed by atoms with Crippen molar-refractivity contribution in [2.45, 2.75) is 64.0 Å². The number of rotatable bonds is 16. The van der Waals surface area contributed by atoms with Gasteiger partial charge in [0.25, 0.3) is 0 Å².